The second-order valence-electron chi connectivity index (χ2n) is 2.93. The second-order valence-corrected chi connectivity index (χ2v) is 2.93. The Hall–Kier alpha value is -0.820. The molecule has 0 aliphatic heterocycles. The first kappa shape index (κ1) is 8.28. The van der Waals surface area contributed by atoms with Crippen LogP contribution in [0.3, 0.4) is 0 Å². The molecule has 0 spiro atoms. The molecule has 1 heteroatoms. The lowest BCUT2D eigenvalue weighted by atomic mass is 10.1. The monoisotopic (exact) mass is 150 g/mol. The van der Waals surface area contributed by atoms with Gasteiger partial charge in [0.1, 0.15) is 0 Å². The lowest BCUT2D eigenvalue weighted by Crippen LogP contribution is -1.89. The molecule has 0 N–H and O–H groups in total. The second kappa shape index (κ2) is 3.54. The highest BCUT2D eigenvalue weighted by atomic mass is 16.5. The van der Waals surface area contributed by atoms with Crippen molar-refractivity contribution in [1.29, 1.82) is 0 Å². The van der Waals surface area contributed by atoms with E-state index in [1.54, 1.807) is 7.11 Å². The highest BCUT2D eigenvalue weighted by molar-refractivity contribution is 5.27. The third kappa shape index (κ3) is 2.35. The van der Waals surface area contributed by atoms with E-state index in [0.717, 1.165) is 0 Å². The molecule has 1 rings (SSSR count). The van der Waals surface area contributed by atoms with Gasteiger partial charge in [-0.15, -0.1) is 0 Å². The molecule has 1 aromatic rings. The molecule has 0 atom stereocenters. The Morgan fingerprint density at radius 3 is 2.09 bits per heavy atom. The van der Waals surface area contributed by atoms with Crippen molar-refractivity contribution in [2.45, 2.75) is 20.5 Å². The summed E-state index contributed by atoms with van der Waals surface area (Å²) < 4.78 is 5.04. The van der Waals surface area contributed by atoms with Crippen LogP contribution in [-0.4, -0.2) is 7.11 Å². The molecule has 0 unspecified atom stereocenters. The van der Waals surface area contributed by atoms with Gasteiger partial charge in [-0.1, -0.05) is 29.3 Å². The van der Waals surface area contributed by atoms with Gasteiger partial charge < -0.3 is 4.74 Å². The molecule has 60 valence electrons. The summed E-state index contributed by atoms with van der Waals surface area (Å²) >= 11 is 0. The number of hydrogen-bond donors (Lipinski definition) is 0. The Morgan fingerprint density at radius 1 is 1.09 bits per heavy atom. The minimum Gasteiger partial charge on any atom is -0.380 e. The summed E-state index contributed by atoms with van der Waals surface area (Å²) in [5.74, 6) is 0. The van der Waals surface area contributed by atoms with Crippen LogP contribution in [0, 0.1) is 13.8 Å². The molecule has 1 nitrogen and oxygen atoms in total. The summed E-state index contributed by atoms with van der Waals surface area (Å²) in [7, 11) is 1.72. The highest BCUT2D eigenvalue weighted by Crippen LogP contribution is 2.09. The van der Waals surface area contributed by atoms with Crippen LogP contribution < -0.4 is 0 Å². The van der Waals surface area contributed by atoms with Gasteiger partial charge in [0.25, 0.3) is 0 Å². The Morgan fingerprint density at radius 2 is 1.64 bits per heavy atom. The van der Waals surface area contributed by atoms with E-state index in [4.69, 9.17) is 4.74 Å². The largest absolute Gasteiger partial charge is 0.380 e. The van der Waals surface area contributed by atoms with Gasteiger partial charge in [0.2, 0.25) is 0 Å². The molecule has 0 radical (unpaired) electrons. The SMILES string of the molecule is COCc1cc(C)cc(C)c1. The van der Waals surface area contributed by atoms with E-state index in [9.17, 15) is 0 Å². The lowest BCUT2D eigenvalue weighted by molar-refractivity contribution is 0.185. The van der Waals surface area contributed by atoms with Gasteiger partial charge in [-0.3, -0.25) is 0 Å². The third-order valence-electron chi connectivity index (χ3n) is 1.59. The number of ether oxygens (including phenoxy) is 1. The molecule has 0 saturated carbocycles. The van der Waals surface area contributed by atoms with Gasteiger partial charge in [0.15, 0.2) is 0 Å². The molecular formula is C10H14O. The molecule has 0 fully saturated rings. The molecule has 0 aliphatic rings. The van der Waals surface area contributed by atoms with Crippen molar-refractivity contribution in [2.75, 3.05) is 7.11 Å². The normalized spacial score (nSPS) is 10.1. The van der Waals surface area contributed by atoms with Crippen molar-refractivity contribution in [1.82, 2.24) is 0 Å². The van der Waals surface area contributed by atoms with Crippen LogP contribution >= 0.6 is 0 Å². The van der Waals surface area contributed by atoms with Gasteiger partial charge >= 0.3 is 0 Å². The van der Waals surface area contributed by atoms with Crippen LogP contribution in [-0.2, 0) is 11.3 Å². The van der Waals surface area contributed by atoms with E-state index >= 15 is 0 Å². The van der Waals surface area contributed by atoms with Gasteiger partial charge in [-0.2, -0.15) is 0 Å². The summed E-state index contributed by atoms with van der Waals surface area (Å²) in [6, 6.07) is 6.46. The van der Waals surface area contributed by atoms with Crippen molar-refractivity contribution >= 4 is 0 Å². The van der Waals surface area contributed by atoms with E-state index in [1.165, 1.54) is 16.7 Å². The van der Waals surface area contributed by atoms with E-state index in [1.807, 2.05) is 0 Å². The van der Waals surface area contributed by atoms with Crippen LogP contribution in [0.5, 0.6) is 0 Å². The predicted molar refractivity (Wildman–Crippen MR) is 46.6 cm³/mol. The molecular weight excluding hydrogens is 136 g/mol. The quantitative estimate of drug-likeness (QED) is 0.629. The maximum absolute atomic E-state index is 5.04. The van der Waals surface area contributed by atoms with Gasteiger partial charge in [0.05, 0.1) is 6.61 Å². The fraction of sp³-hybridized carbons (Fsp3) is 0.400. The summed E-state index contributed by atoms with van der Waals surface area (Å²) in [4.78, 5) is 0. The molecule has 0 saturated heterocycles. The molecule has 0 aromatic heterocycles. The van der Waals surface area contributed by atoms with Crippen LogP contribution in [0.4, 0.5) is 0 Å². The number of aryl methyl sites for hydroxylation is 2. The molecule has 0 bridgehead atoms. The van der Waals surface area contributed by atoms with E-state index in [-0.39, 0.29) is 0 Å². The predicted octanol–water partition coefficient (Wildman–Crippen LogP) is 2.45. The minimum atomic E-state index is 0.711. The summed E-state index contributed by atoms with van der Waals surface area (Å²) in [6.07, 6.45) is 0. The fourth-order valence-corrected chi connectivity index (χ4v) is 1.32. The molecule has 0 heterocycles. The number of rotatable bonds is 2. The topological polar surface area (TPSA) is 9.23 Å². The summed E-state index contributed by atoms with van der Waals surface area (Å²) in [6.45, 7) is 4.92. The third-order valence-corrected chi connectivity index (χ3v) is 1.59. The Bertz CT molecular complexity index is 220. The zero-order valence-electron chi connectivity index (χ0n) is 7.35. The molecule has 11 heavy (non-hydrogen) atoms. The first-order valence-corrected chi connectivity index (χ1v) is 3.78. The highest BCUT2D eigenvalue weighted by Gasteiger charge is 1.93. The van der Waals surface area contributed by atoms with Gasteiger partial charge in [-0.05, 0) is 19.4 Å². The molecule has 0 aliphatic carbocycles. The maximum atomic E-state index is 5.04. The van der Waals surface area contributed by atoms with E-state index < -0.39 is 0 Å². The van der Waals surface area contributed by atoms with Crippen LogP contribution in [0.15, 0.2) is 18.2 Å². The number of methoxy groups -OCH3 is 1. The smallest absolute Gasteiger partial charge is 0.0713 e. The van der Waals surface area contributed by atoms with Crippen LogP contribution in [0.25, 0.3) is 0 Å². The Labute approximate surface area is 68.0 Å². The average Bonchev–Trinajstić information content (AvgIpc) is 1.85. The fourth-order valence-electron chi connectivity index (χ4n) is 1.32. The zero-order chi connectivity index (χ0) is 8.27. The van der Waals surface area contributed by atoms with Crippen LogP contribution in [0.2, 0.25) is 0 Å². The number of benzene rings is 1. The van der Waals surface area contributed by atoms with Crippen molar-refractivity contribution in [3.05, 3.63) is 34.9 Å². The first-order valence-electron chi connectivity index (χ1n) is 3.78. The maximum Gasteiger partial charge on any atom is 0.0713 e. The van der Waals surface area contributed by atoms with Gasteiger partial charge in [-0.25, -0.2) is 0 Å². The zero-order valence-corrected chi connectivity index (χ0v) is 7.35. The minimum absolute atomic E-state index is 0.711. The van der Waals surface area contributed by atoms with E-state index in [2.05, 4.69) is 32.0 Å². The lowest BCUT2D eigenvalue weighted by Gasteiger charge is -2.02. The average molecular weight is 150 g/mol. The van der Waals surface area contributed by atoms with E-state index in [0.29, 0.717) is 6.61 Å². The number of hydrogen-bond acceptors (Lipinski definition) is 1. The van der Waals surface area contributed by atoms with Crippen molar-refractivity contribution in [3.63, 3.8) is 0 Å². The van der Waals surface area contributed by atoms with Crippen molar-refractivity contribution in [3.8, 4) is 0 Å². The Kier molecular flexibility index (Phi) is 2.66. The van der Waals surface area contributed by atoms with Crippen LogP contribution in [0.1, 0.15) is 16.7 Å². The first-order chi connectivity index (χ1) is 5.22. The van der Waals surface area contributed by atoms with Crippen molar-refractivity contribution < 1.29 is 4.74 Å². The molecule has 0 amide bonds. The standard InChI is InChI=1S/C10H14O/c1-8-4-9(2)6-10(5-8)7-11-3/h4-6H,7H2,1-3H3. The summed E-state index contributed by atoms with van der Waals surface area (Å²) in [5, 5.41) is 0. The summed E-state index contributed by atoms with van der Waals surface area (Å²) in [5.41, 5.74) is 3.86. The Balaban J connectivity index is 2.89. The van der Waals surface area contributed by atoms with Crippen molar-refractivity contribution in [2.24, 2.45) is 0 Å². The molecule has 1 aromatic carbocycles. The van der Waals surface area contributed by atoms with Gasteiger partial charge in [0, 0.05) is 7.11 Å².